The quantitative estimate of drug-likeness (QED) is 0.840. The molecule has 94 valence electrons. The first-order valence-electron chi connectivity index (χ1n) is 6.60. The molecule has 0 bridgehead atoms. The Kier molecular flexibility index (Phi) is 3.72. The van der Waals surface area contributed by atoms with Gasteiger partial charge in [-0.25, -0.2) is 0 Å². The molecule has 17 heavy (non-hydrogen) atoms. The Labute approximate surface area is 104 Å². The molecule has 0 aromatic heterocycles. The zero-order valence-corrected chi connectivity index (χ0v) is 11.0. The molecule has 2 heteroatoms. The molecule has 2 nitrogen and oxygen atoms in total. The molecule has 3 unspecified atom stereocenters. The molecule has 1 aromatic rings. The van der Waals surface area contributed by atoms with Crippen LogP contribution in [0, 0.1) is 18.8 Å². The van der Waals surface area contributed by atoms with Gasteiger partial charge in [-0.2, -0.15) is 0 Å². The van der Waals surface area contributed by atoms with E-state index in [1.807, 2.05) is 6.07 Å². The van der Waals surface area contributed by atoms with Gasteiger partial charge in [-0.05, 0) is 37.7 Å². The van der Waals surface area contributed by atoms with Crippen molar-refractivity contribution in [3.05, 3.63) is 29.3 Å². The highest BCUT2D eigenvalue weighted by Gasteiger charge is 2.29. The maximum atomic E-state index is 9.79. The fourth-order valence-corrected chi connectivity index (χ4v) is 2.75. The topological polar surface area (TPSA) is 32.3 Å². The Balaban J connectivity index is 1.96. The van der Waals surface area contributed by atoms with Crippen molar-refractivity contribution in [3.8, 4) is 5.75 Å². The molecule has 1 aromatic carbocycles. The highest BCUT2D eigenvalue weighted by Crippen LogP contribution is 2.31. The standard InChI is InChI=1S/C15H23NO/c1-10-4-7-15(17)13(8-10)9-16-14-6-5-11(2)12(14)3/h4,7-8,11-12,14,16-17H,5-6,9H2,1-3H3. The number of phenols is 1. The third kappa shape index (κ3) is 2.81. The summed E-state index contributed by atoms with van der Waals surface area (Å²) in [5.74, 6) is 1.96. The average molecular weight is 233 g/mol. The fourth-order valence-electron chi connectivity index (χ4n) is 2.75. The molecule has 0 radical (unpaired) electrons. The number of phenolic OH excluding ortho intramolecular Hbond substituents is 1. The van der Waals surface area contributed by atoms with Gasteiger partial charge < -0.3 is 10.4 Å². The Morgan fingerprint density at radius 3 is 2.71 bits per heavy atom. The van der Waals surface area contributed by atoms with Crippen molar-refractivity contribution in [3.63, 3.8) is 0 Å². The number of hydrogen-bond donors (Lipinski definition) is 2. The average Bonchev–Trinajstić information content (AvgIpc) is 2.62. The molecule has 0 amide bonds. The smallest absolute Gasteiger partial charge is 0.120 e. The molecule has 2 rings (SSSR count). The van der Waals surface area contributed by atoms with Crippen molar-refractivity contribution in [2.45, 2.75) is 46.2 Å². The molecule has 0 heterocycles. The molecule has 0 aliphatic heterocycles. The molecule has 1 saturated carbocycles. The second-order valence-electron chi connectivity index (χ2n) is 5.53. The van der Waals surface area contributed by atoms with Gasteiger partial charge in [0.25, 0.3) is 0 Å². The lowest BCUT2D eigenvalue weighted by atomic mass is 9.97. The second-order valence-corrected chi connectivity index (χ2v) is 5.53. The van der Waals surface area contributed by atoms with Crippen molar-refractivity contribution >= 4 is 0 Å². The van der Waals surface area contributed by atoms with Gasteiger partial charge in [-0.3, -0.25) is 0 Å². The molecular weight excluding hydrogens is 210 g/mol. The Morgan fingerprint density at radius 2 is 2.06 bits per heavy atom. The van der Waals surface area contributed by atoms with Gasteiger partial charge >= 0.3 is 0 Å². The normalized spacial score (nSPS) is 28.5. The summed E-state index contributed by atoms with van der Waals surface area (Å²) in [6, 6.07) is 6.39. The van der Waals surface area contributed by atoms with Crippen LogP contribution >= 0.6 is 0 Å². The van der Waals surface area contributed by atoms with Gasteiger partial charge in [-0.1, -0.05) is 31.5 Å². The maximum Gasteiger partial charge on any atom is 0.120 e. The Bertz CT molecular complexity index is 389. The molecule has 1 fully saturated rings. The molecule has 1 aliphatic rings. The monoisotopic (exact) mass is 233 g/mol. The van der Waals surface area contributed by atoms with E-state index >= 15 is 0 Å². The summed E-state index contributed by atoms with van der Waals surface area (Å²) >= 11 is 0. The summed E-state index contributed by atoms with van der Waals surface area (Å²) in [6.45, 7) is 7.49. The summed E-state index contributed by atoms with van der Waals surface area (Å²) in [4.78, 5) is 0. The van der Waals surface area contributed by atoms with Crippen LogP contribution in [-0.2, 0) is 6.54 Å². The summed E-state index contributed by atoms with van der Waals surface area (Å²) in [5, 5.41) is 13.4. The minimum Gasteiger partial charge on any atom is -0.508 e. The zero-order valence-electron chi connectivity index (χ0n) is 11.0. The predicted octanol–water partition coefficient (Wildman–Crippen LogP) is 3.22. The van der Waals surface area contributed by atoms with E-state index in [1.165, 1.54) is 18.4 Å². The summed E-state index contributed by atoms with van der Waals surface area (Å²) < 4.78 is 0. The molecule has 0 spiro atoms. The lowest BCUT2D eigenvalue weighted by Crippen LogP contribution is -2.31. The van der Waals surface area contributed by atoms with Crippen LogP contribution in [0.5, 0.6) is 5.75 Å². The van der Waals surface area contributed by atoms with Crippen molar-refractivity contribution in [1.29, 1.82) is 0 Å². The molecule has 1 aliphatic carbocycles. The molecule has 3 atom stereocenters. The number of nitrogens with one attached hydrogen (secondary N) is 1. The molecule has 0 saturated heterocycles. The first kappa shape index (κ1) is 12.4. The third-order valence-corrected chi connectivity index (χ3v) is 4.25. The van der Waals surface area contributed by atoms with Crippen molar-refractivity contribution in [1.82, 2.24) is 5.32 Å². The largest absolute Gasteiger partial charge is 0.508 e. The van der Waals surface area contributed by atoms with Gasteiger partial charge in [-0.15, -0.1) is 0 Å². The van der Waals surface area contributed by atoms with Gasteiger partial charge in [0, 0.05) is 18.2 Å². The minimum atomic E-state index is 0.404. The molecule has 2 N–H and O–H groups in total. The lowest BCUT2D eigenvalue weighted by Gasteiger charge is -2.20. The second kappa shape index (κ2) is 5.09. The SMILES string of the molecule is Cc1ccc(O)c(CNC2CCC(C)C2C)c1. The van der Waals surface area contributed by atoms with E-state index in [0.29, 0.717) is 11.8 Å². The van der Waals surface area contributed by atoms with Crippen LogP contribution in [0.3, 0.4) is 0 Å². The van der Waals surface area contributed by atoms with Crippen LogP contribution in [0.25, 0.3) is 0 Å². The molecular formula is C15H23NO. The number of aryl methyl sites for hydroxylation is 1. The van der Waals surface area contributed by atoms with Crippen molar-refractivity contribution < 1.29 is 5.11 Å². The minimum absolute atomic E-state index is 0.404. The number of rotatable bonds is 3. The van der Waals surface area contributed by atoms with Gasteiger partial charge in [0.1, 0.15) is 5.75 Å². The maximum absolute atomic E-state index is 9.79. The number of aromatic hydroxyl groups is 1. The van der Waals surface area contributed by atoms with E-state index in [4.69, 9.17) is 0 Å². The summed E-state index contributed by atoms with van der Waals surface area (Å²) in [5.41, 5.74) is 2.21. The lowest BCUT2D eigenvalue weighted by molar-refractivity contribution is 0.367. The van der Waals surface area contributed by atoms with Crippen LogP contribution < -0.4 is 5.32 Å². The number of benzene rings is 1. The summed E-state index contributed by atoms with van der Waals surface area (Å²) in [6.07, 6.45) is 2.58. The first-order valence-corrected chi connectivity index (χ1v) is 6.60. The van der Waals surface area contributed by atoms with E-state index < -0.39 is 0 Å². The van der Waals surface area contributed by atoms with Crippen LogP contribution in [0.15, 0.2) is 18.2 Å². The van der Waals surface area contributed by atoms with Crippen LogP contribution in [0.4, 0.5) is 0 Å². The van der Waals surface area contributed by atoms with E-state index in [2.05, 4.69) is 32.2 Å². The van der Waals surface area contributed by atoms with Crippen LogP contribution in [0.1, 0.15) is 37.8 Å². The van der Waals surface area contributed by atoms with Crippen molar-refractivity contribution in [2.24, 2.45) is 11.8 Å². The zero-order chi connectivity index (χ0) is 12.4. The Hall–Kier alpha value is -1.02. The first-order chi connectivity index (χ1) is 8.08. The predicted molar refractivity (Wildman–Crippen MR) is 71.0 cm³/mol. The Morgan fingerprint density at radius 1 is 1.29 bits per heavy atom. The number of hydrogen-bond acceptors (Lipinski definition) is 2. The van der Waals surface area contributed by atoms with E-state index in [0.717, 1.165) is 23.9 Å². The van der Waals surface area contributed by atoms with Gasteiger partial charge in [0.15, 0.2) is 0 Å². The highest BCUT2D eigenvalue weighted by molar-refractivity contribution is 5.35. The highest BCUT2D eigenvalue weighted by atomic mass is 16.3. The fraction of sp³-hybridized carbons (Fsp3) is 0.600. The van der Waals surface area contributed by atoms with E-state index in [1.54, 1.807) is 6.07 Å². The van der Waals surface area contributed by atoms with Gasteiger partial charge in [0.2, 0.25) is 0 Å². The van der Waals surface area contributed by atoms with E-state index in [9.17, 15) is 5.11 Å². The van der Waals surface area contributed by atoms with Crippen molar-refractivity contribution in [2.75, 3.05) is 0 Å². The van der Waals surface area contributed by atoms with Gasteiger partial charge in [0.05, 0.1) is 0 Å². The van der Waals surface area contributed by atoms with E-state index in [-0.39, 0.29) is 0 Å². The third-order valence-electron chi connectivity index (χ3n) is 4.25. The summed E-state index contributed by atoms with van der Waals surface area (Å²) in [7, 11) is 0. The van der Waals surface area contributed by atoms with Crippen LogP contribution in [-0.4, -0.2) is 11.1 Å². The van der Waals surface area contributed by atoms with Crippen LogP contribution in [0.2, 0.25) is 0 Å².